The summed E-state index contributed by atoms with van der Waals surface area (Å²) in [6, 6.07) is 0. The van der Waals surface area contributed by atoms with Crippen LogP contribution >= 0.6 is 0 Å². The molecule has 0 saturated heterocycles. The van der Waals surface area contributed by atoms with Crippen LogP contribution in [0.15, 0.2) is 0 Å². The van der Waals surface area contributed by atoms with Gasteiger partial charge >= 0.3 is 0 Å². The molecule has 19 heavy (non-hydrogen) atoms. The normalized spacial score (nSPS) is 19.1. The van der Waals surface area contributed by atoms with E-state index in [1.54, 1.807) is 0 Å². The maximum absolute atomic E-state index is 12.2. The van der Waals surface area contributed by atoms with Crippen LogP contribution in [-0.4, -0.2) is 40.2 Å². The van der Waals surface area contributed by atoms with Gasteiger partial charge in [-0.2, -0.15) is 0 Å². The van der Waals surface area contributed by atoms with Crippen LogP contribution in [-0.2, 0) is 14.8 Å². The molecule has 0 aliphatic heterocycles. The molecule has 1 aliphatic carbocycles. The SMILES string of the molecule is CS(=O)(=O)NCCCNC(=O)C1(CN)CCCCC1. The molecule has 0 aromatic rings. The summed E-state index contributed by atoms with van der Waals surface area (Å²) in [7, 11) is -3.14. The van der Waals surface area contributed by atoms with Crippen molar-refractivity contribution in [2.24, 2.45) is 11.1 Å². The highest BCUT2D eigenvalue weighted by molar-refractivity contribution is 7.88. The third kappa shape index (κ3) is 5.46. The summed E-state index contributed by atoms with van der Waals surface area (Å²) in [5.74, 6) is 0.0223. The van der Waals surface area contributed by atoms with Crippen molar-refractivity contribution in [1.29, 1.82) is 0 Å². The van der Waals surface area contributed by atoms with E-state index < -0.39 is 15.4 Å². The lowest BCUT2D eigenvalue weighted by Gasteiger charge is -2.34. The third-order valence-electron chi connectivity index (χ3n) is 3.69. The van der Waals surface area contributed by atoms with Gasteiger partial charge in [-0.1, -0.05) is 19.3 Å². The fourth-order valence-electron chi connectivity index (χ4n) is 2.49. The standard InChI is InChI=1S/C12H25N3O3S/c1-19(17,18)15-9-5-8-14-11(16)12(10-13)6-3-2-4-7-12/h15H,2-10,13H2,1H3,(H,14,16). The van der Waals surface area contributed by atoms with Crippen molar-refractivity contribution in [2.45, 2.75) is 38.5 Å². The summed E-state index contributed by atoms with van der Waals surface area (Å²) < 4.78 is 24.1. The summed E-state index contributed by atoms with van der Waals surface area (Å²) in [6.45, 7) is 1.21. The van der Waals surface area contributed by atoms with E-state index in [4.69, 9.17) is 5.73 Å². The van der Waals surface area contributed by atoms with Gasteiger partial charge in [0.05, 0.1) is 11.7 Å². The van der Waals surface area contributed by atoms with Crippen LogP contribution in [0, 0.1) is 5.41 Å². The minimum Gasteiger partial charge on any atom is -0.356 e. The molecule has 1 fully saturated rings. The zero-order chi connectivity index (χ0) is 14.4. The van der Waals surface area contributed by atoms with Crippen molar-refractivity contribution in [3.05, 3.63) is 0 Å². The summed E-state index contributed by atoms with van der Waals surface area (Å²) >= 11 is 0. The number of nitrogens with two attached hydrogens (primary N) is 1. The maximum atomic E-state index is 12.2. The third-order valence-corrected chi connectivity index (χ3v) is 4.41. The smallest absolute Gasteiger partial charge is 0.227 e. The molecule has 1 saturated carbocycles. The highest BCUT2D eigenvalue weighted by Gasteiger charge is 2.37. The lowest BCUT2D eigenvalue weighted by atomic mass is 9.73. The second-order valence-electron chi connectivity index (χ2n) is 5.32. The summed E-state index contributed by atoms with van der Waals surface area (Å²) in [5, 5.41) is 2.88. The van der Waals surface area contributed by atoms with E-state index in [9.17, 15) is 13.2 Å². The molecule has 1 aliphatic rings. The van der Waals surface area contributed by atoms with Gasteiger partial charge in [0.2, 0.25) is 15.9 Å². The first kappa shape index (κ1) is 16.4. The summed E-state index contributed by atoms with van der Waals surface area (Å²) in [4.78, 5) is 12.2. The molecule has 4 N–H and O–H groups in total. The van der Waals surface area contributed by atoms with Gasteiger partial charge < -0.3 is 11.1 Å². The molecular formula is C12H25N3O3S. The number of sulfonamides is 1. The van der Waals surface area contributed by atoms with E-state index in [-0.39, 0.29) is 5.91 Å². The number of amides is 1. The van der Waals surface area contributed by atoms with E-state index in [1.165, 1.54) is 6.42 Å². The number of nitrogens with one attached hydrogen (secondary N) is 2. The average molecular weight is 291 g/mol. The number of hydrogen-bond donors (Lipinski definition) is 3. The lowest BCUT2D eigenvalue weighted by molar-refractivity contribution is -0.132. The Labute approximate surface area is 115 Å². The summed E-state index contributed by atoms with van der Waals surface area (Å²) in [5.41, 5.74) is 5.37. The van der Waals surface area contributed by atoms with Gasteiger partial charge in [0.1, 0.15) is 0 Å². The van der Waals surface area contributed by atoms with Crippen LogP contribution in [0.3, 0.4) is 0 Å². The number of rotatable bonds is 7. The molecule has 7 heteroatoms. The van der Waals surface area contributed by atoms with Gasteiger partial charge in [0, 0.05) is 19.6 Å². The Morgan fingerprint density at radius 2 is 1.84 bits per heavy atom. The lowest BCUT2D eigenvalue weighted by Crippen LogP contribution is -2.47. The van der Waals surface area contributed by atoms with Gasteiger partial charge in [0.25, 0.3) is 0 Å². The van der Waals surface area contributed by atoms with E-state index in [0.29, 0.717) is 26.1 Å². The Hall–Kier alpha value is -0.660. The van der Waals surface area contributed by atoms with Gasteiger partial charge in [-0.25, -0.2) is 13.1 Å². The largest absolute Gasteiger partial charge is 0.356 e. The van der Waals surface area contributed by atoms with Crippen LogP contribution in [0.2, 0.25) is 0 Å². The molecule has 0 bridgehead atoms. The van der Waals surface area contributed by atoms with Crippen molar-refractivity contribution in [3.8, 4) is 0 Å². The molecule has 112 valence electrons. The first-order valence-corrected chi connectivity index (χ1v) is 8.72. The van der Waals surface area contributed by atoms with E-state index in [1.807, 2.05) is 0 Å². The Kier molecular flexibility index (Phi) is 6.22. The minimum atomic E-state index is -3.14. The molecule has 0 radical (unpaired) electrons. The van der Waals surface area contributed by atoms with E-state index >= 15 is 0 Å². The number of hydrogen-bond acceptors (Lipinski definition) is 4. The van der Waals surface area contributed by atoms with E-state index in [0.717, 1.165) is 31.9 Å². The molecule has 1 amide bonds. The number of carbonyl (C=O) groups excluding carboxylic acids is 1. The zero-order valence-corrected chi connectivity index (χ0v) is 12.4. The van der Waals surface area contributed by atoms with Crippen LogP contribution < -0.4 is 15.8 Å². The first-order valence-electron chi connectivity index (χ1n) is 6.83. The molecule has 1 rings (SSSR count). The molecule has 0 atom stereocenters. The minimum absolute atomic E-state index is 0.0223. The van der Waals surface area contributed by atoms with Crippen molar-refractivity contribution in [1.82, 2.24) is 10.0 Å². The van der Waals surface area contributed by atoms with Crippen molar-refractivity contribution >= 4 is 15.9 Å². The molecular weight excluding hydrogens is 266 g/mol. The topological polar surface area (TPSA) is 101 Å². The predicted octanol–water partition coefficient (Wildman–Crippen LogP) is -0.0489. The van der Waals surface area contributed by atoms with Gasteiger partial charge in [0.15, 0.2) is 0 Å². The highest BCUT2D eigenvalue weighted by Crippen LogP contribution is 2.35. The fraction of sp³-hybridized carbons (Fsp3) is 0.917. The van der Waals surface area contributed by atoms with Crippen molar-refractivity contribution in [2.75, 3.05) is 25.9 Å². The molecule has 0 aromatic carbocycles. The molecule has 6 nitrogen and oxygen atoms in total. The predicted molar refractivity (Wildman–Crippen MR) is 75.0 cm³/mol. The van der Waals surface area contributed by atoms with Crippen LogP contribution in [0.5, 0.6) is 0 Å². The maximum Gasteiger partial charge on any atom is 0.227 e. The molecule has 0 unspecified atom stereocenters. The van der Waals surface area contributed by atoms with Crippen molar-refractivity contribution < 1.29 is 13.2 Å². The van der Waals surface area contributed by atoms with Gasteiger partial charge in [-0.05, 0) is 19.3 Å². The molecule has 0 spiro atoms. The van der Waals surface area contributed by atoms with Crippen LogP contribution in [0.25, 0.3) is 0 Å². The second kappa shape index (κ2) is 7.21. The molecule has 0 heterocycles. The Morgan fingerprint density at radius 1 is 1.21 bits per heavy atom. The number of carbonyl (C=O) groups is 1. The molecule has 0 aromatic heterocycles. The zero-order valence-electron chi connectivity index (χ0n) is 11.6. The quantitative estimate of drug-likeness (QED) is 0.572. The first-order chi connectivity index (χ1) is 8.90. The second-order valence-corrected chi connectivity index (χ2v) is 7.15. The van der Waals surface area contributed by atoms with Crippen molar-refractivity contribution in [3.63, 3.8) is 0 Å². The van der Waals surface area contributed by atoms with Gasteiger partial charge in [-0.15, -0.1) is 0 Å². The fourth-order valence-corrected chi connectivity index (χ4v) is 3.00. The van der Waals surface area contributed by atoms with E-state index in [2.05, 4.69) is 10.0 Å². The Bertz CT molecular complexity index is 389. The monoisotopic (exact) mass is 291 g/mol. The van der Waals surface area contributed by atoms with Gasteiger partial charge in [-0.3, -0.25) is 4.79 Å². The summed E-state index contributed by atoms with van der Waals surface area (Å²) in [6.07, 6.45) is 6.71. The Balaban J connectivity index is 2.29. The van der Waals surface area contributed by atoms with Crippen LogP contribution in [0.4, 0.5) is 0 Å². The van der Waals surface area contributed by atoms with Crippen LogP contribution in [0.1, 0.15) is 38.5 Å². The highest BCUT2D eigenvalue weighted by atomic mass is 32.2. The average Bonchev–Trinajstić information content (AvgIpc) is 2.37. The Morgan fingerprint density at radius 3 is 2.37 bits per heavy atom.